The molecule has 7 heteroatoms. The molecule has 0 radical (unpaired) electrons. The lowest BCUT2D eigenvalue weighted by molar-refractivity contribution is -0.161. The molecule has 0 saturated heterocycles. The summed E-state index contributed by atoms with van der Waals surface area (Å²) >= 11 is 0. The number of carbonyl (C=O) groups is 3. The Bertz CT molecular complexity index is 408. The number of hydrogen-bond acceptors (Lipinski definition) is 7. The van der Waals surface area contributed by atoms with Gasteiger partial charge in [0.2, 0.25) is 0 Å². The summed E-state index contributed by atoms with van der Waals surface area (Å²) in [6.45, 7) is 11.8. The first-order valence-corrected chi connectivity index (χ1v) is 7.38. The first-order chi connectivity index (χ1) is 11.4. The van der Waals surface area contributed by atoms with E-state index in [9.17, 15) is 14.4 Å². The van der Waals surface area contributed by atoms with Gasteiger partial charge < -0.3 is 18.9 Å². The van der Waals surface area contributed by atoms with Crippen molar-refractivity contribution < 1.29 is 33.3 Å². The molecule has 0 aromatic heterocycles. The van der Waals surface area contributed by atoms with Crippen LogP contribution in [0.1, 0.15) is 13.3 Å². The largest absolute Gasteiger partial charge is 0.462 e. The second kappa shape index (κ2) is 12.1. The third-order valence-electron chi connectivity index (χ3n) is 2.82. The van der Waals surface area contributed by atoms with Gasteiger partial charge in [-0.3, -0.25) is 0 Å². The molecular weight excluding hydrogens is 316 g/mol. The highest BCUT2D eigenvalue weighted by Gasteiger charge is 2.36. The van der Waals surface area contributed by atoms with Crippen molar-refractivity contribution in [2.75, 3.05) is 33.0 Å². The summed E-state index contributed by atoms with van der Waals surface area (Å²) in [4.78, 5) is 34.0. The van der Waals surface area contributed by atoms with Gasteiger partial charge in [-0.1, -0.05) is 26.7 Å². The third-order valence-corrected chi connectivity index (χ3v) is 2.82. The van der Waals surface area contributed by atoms with Gasteiger partial charge in [-0.05, 0) is 6.42 Å². The smallest absolute Gasteiger partial charge is 0.330 e. The summed E-state index contributed by atoms with van der Waals surface area (Å²) in [5.74, 6) is -1.96. The monoisotopic (exact) mass is 340 g/mol. The lowest BCUT2D eigenvalue weighted by atomic mass is 9.92. The van der Waals surface area contributed by atoms with Crippen molar-refractivity contribution in [3.05, 3.63) is 38.0 Å². The Morgan fingerprint density at radius 1 is 0.792 bits per heavy atom. The lowest BCUT2D eigenvalue weighted by Crippen LogP contribution is -2.43. The van der Waals surface area contributed by atoms with Crippen LogP contribution in [0.3, 0.4) is 0 Å². The zero-order valence-corrected chi connectivity index (χ0v) is 14.0. The molecule has 0 N–H and O–H groups in total. The van der Waals surface area contributed by atoms with Gasteiger partial charge in [-0.2, -0.15) is 0 Å². The van der Waals surface area contributed by atoms with Gasteiger partial charge in [0.05, 0.1) is 12.0 Å². The Morgan fingerprint density at radius 2 is 1.17 bits per heavy atom. The molecule has 0 fully saturated rings. The fraction of sp³-hybridized carbons (Fsp3) is 0.471. The SMILES string of the molecule is C=CC(=O)OCC(COCCC)(COC(=O)C=C)COC(=O)C=C. The summed E-state index contributed by atoms with van der Waals surface area (Å²) < 4.78 is 20.6. The molecule has 0 aromatic rings. The topological polar surface area (TPSA) is 88.1 Å². The van der Waals surface area contributed by atoms with E-state index in [0.29, 0.717) is 6.61 Å². The van der Waals surface area contributed by atoms with Gasteiger partial charge in [0, 0.05) is 24.8 Å². The van der Waals surface area contributed by atoms with Gasteiger partial charge in [-0.25, -0.2) is 14.4 Å². The Morgan fingerprint density at radius 3 is 1.46 bits per heavy atom. The molecule has 134 valence electrons. The van der Waals surface area contributed by atoms with Crippen molar-refractivity contribution in [3.63, 3.8) is 0 Å². The van der Waals surface area contributed by atoms with Gasteiger partial charge in [0.1, 0.15) is 19.8 Å². The highest BCUT2D eigenvalue weighted by atomic mass is 16.6. The molecule has 7 nitrogen and oxygen atoms in total. The van der Waals surface area contributed by atoms with Crippen LogP contribution in [0.25, 0.3) is 0 Å². The quantitative estimate of drug-likeness (QED) is 0.218. The fourth-order valence-electron chi connectivity index (χ4n) is 1.53. The van der Waals surface area contributed by atoms with Crippen LogP contribution in [0.15, 0.2) is 38.0 Å². The third kappa shape index (κ3) is 8.89. The number of hydrogen-bond donors (Lipinski definition) is 0. The molecule has 0 aromatic carbocycles. The summed E-state index contributed by atoms with van der Waals surface area (Å²) in [6.07, 6.45) is 3.77. The minimum atomic E-state index is -1.05. The van der Waals surface area contributed by atoms with Crippen molar-refractivity contribution in [2.24, 2.45) is 5.41 Å². The molecule has 0 spiro atoms. The average Bonchev–Trinajstić information content (AvgIpc) is 2.61. The summed E-state index contributed by atoms with van der Waals surface area (Å²) in [6, 6.07) is 0. The predicted molar refractivity (Wildman–Crippen MR) is 87.0 cm³/mol. The van der Waals surface area contributed by atoms with E-state index in [1.807, 2.05) is 6.92 Å². The van der Waals surface area contributed by atoms with Crippen LogP contribution in [0, 0.1) is 5.41 Å². The Labute approximate surface area is 141 Å². The maximum absolute atomic E-state index is 11.3. The minimum Gasteiger partial charge on any atom is -0.462 e. The van der Waals surface area contributed by atoms with Crippen molar-refractivity contribution in [1.29, 1.82) is 0 Å². The molecule has 0 aliphatic carbocycles. The van der Waals surface area contributed by atoms with E-state index in [4.69, 9.17) is 18.9 Å². The van der Waals surface area contributed by atoms with Crippen LogP contribution in [-0.4, -0.2) is 50.9 Å². The highest BCUT2D eigenvalue weighted by molar-refractivity contribution is 5.82. The van der Waals surface area contributed by atoms with Crippen LogP contribution < -0.4 is 0 Å². The van der Waals surface area contributed by atoms with E-state index in [-0.39, 0.29) is 26.4 Å². The molecule has 0 aliphatic rings. The number of carbonyl (C=O) groups excluding carboxylic acids is 3. The second-order valence-corrected chi connectivity index (χ2v) is 4.99. The van der Waals surface area contributed by atoms with E-state index in [1.54, 1.807) is 0 Å². The zero-order chi connectivity index (χ0) is 18.4. The summed E-state index contributed by atoms with van der Waals surface area (Å²) in [5, 5.41) is 0. The Balaban J connectivity index is 5.16. The summed E-state index contributed by atoms with van der Waals surface area (Å²) in [5.41, 5.74) is -1.05. The number of rotatable bonds is 13. The van der Waals surface area contributed by atoms with Crippen molar-refractivity contribution >= 4 is 17.9 Å². The van der Waals surface area contributed by atoms with E-state index in [0.717, 1.165) is 24.6 Å². The molecular formula is C17H24O7. The van der Waals surface area contributed by atoms with Crippen LogP contribution in [0.4, 0.5) is 0 Å². The van der Waals surface area contributed by atoms with Crippen LogP contribution >= 0.6 is 0 Å². The molecule has 0 aliphatic heterocycles. The van der Waals surface area contributed by atoms with Crippen LogP contribution in [-0.2, 0) is 33.3 Å². The van der Waals surface area contributed by atoms with Crippen molar-refractivity contribution in [2.45, 2.75) is 13.3 Å². The summed E-state index contributed by atoms with van der Waals surface area (Å²) in [7, 11) is 0. The van der Waals surface area contributed by atoms with Gasteiger partial charge in [0.15, 0.2) is 0 Å². The predicted octanol–water partition coefficient (Wildman–Crippen LogP) is 1.59. The van der Waals surface area contributed by atoms with E-state index < -0.39 is 23.3 Å². The van der Waals surface area contributed by atoms with Gasteiger partial charge in [-0.15, -0.1) is 0 Å². The number of esters is 3. The normalized spacial score (nSPS) is 10.4. The van der Waals surface area contributed by atoms with Crippen LogP contribution in [0.5, 0.6) is 0 Å². The minimum absolute atomic E-state index is 0.0557. The first kappa shape index (κ1) is 21.6. The average molecular weight is 340 g/mol. The molecule has 0 amide bonds. The maximum Gasteiger partial charge on any atom is 0.330 e. The van der Waals surface area contributed by atoms with Crippen molar-refractivity contribution in [1.82, 2.24) is 0 Å². The molecule has 0 saturated carbocycles. The molecule has 0 heterocycles. The molecule has 0 unspecified atom stereocenters. The molecule has 0 bridgehead atoms. The molecule has 24 heavy (non-hydrogen) atoms. The van der Waals surface area contributed by atoms with Gasteiger partial charge >= 0.3 is 17.9 Å². The zero-order valence-electron chi connectivity index (χ0n) is 14.0. The van der Waals surface area contributed by atoms with E-state index in [1.165, 1.54) is 0 Å². The van der Waals surface area contributed by atoms with Gasteiger partial charge in [0.25, 0.3) is 0 Å². The van der Waals surface area contributed by atoms with Crippen molar-refractivity contribution in [3.8, 4) is 0 Å². The number of ether oxygens (including phenoxy) is 4. The molecule has 0 rings (SSSR count). The lowest BCUT2D eigenvalue weighted by Gasteiger charge is -2.31. The van der Waals surface area contributed by atoms with Crippen LogP contribution in [0.2, 0.25) is 0 Å². The maximum atomic E-state index is 11.3. The standard InChI is InChI=1S/C17H24O7/c1-5-9-21-10-17(11-22-14(18)6-2,12-23-15(19)7-3)13-24-16(20)8-4/h6-8H,2-5,9-13H2,1H3. The molecule has 0 atom stereocenters. The van der Waals surface area contributed by atoms with E-state index in [2.05, 4.69) is 19.7 Å². The first-order valence-electron chi connectivity index (χ1n) is 7.38. The fourth-order valence-corrected chi connectivity index (χ4v) is 1.53. The van der Waals surface area contributed by atoms with E-state index >= 15 is 0 Å². The Hall–Kier alpha value is -2.41. The highest BCUT2D eigenvalue weighted by Crippen LogP contribution is 2.21. The Kier molecular flexibility index (Phi) is 10.9. The second-order valence-electron chi connectivity index (χ2n) is 4.99.